The van der Waals surface area contributed by atoms with E-state index < -0.39 is 11.4 Å². The van der Waals surface area contributed by atoms with Gasteiger partial charge in [0.1, 0.15) is 18.2 Å². The lowest BCUT2D eigenvalue weighted by Gasteiger charge is -2.51. The lowest BCUT2D eigenvalue weighted by Crippen LogP contribution is -2.70. The van der Waals surface area contributed by atoms with Gasteiger partial charge in [-0.15, -0.1) is 0 Å². The lowest BCUT2D eigenvalue weighted by atomic mass is 9.63. The van der Waals surface area contributed by atoms with Gasteiger partial charge in [-0.3, -0.25) is 9.59 Å². The zero-order valence-electron chi connectivity index (χ0n) is 9.51. The highest BCUT2D eigenvalue weighted by Crippen LogP contribution is 2.45. The number of amides is 2. The maximum atomic E-state index is 11.9. The Hall–Kier alpha value is -2.31. The zero-order valence-corrected chi connectivity index (χ0v) is 9.51. The molecule has 3 fully saturated rings. The van der Waals surface area contributed by atoms with Gasteiger partial charge in [-0.2, -0.15) is 0 Å². The van der Waals surface area contributed by atoms with E-state index in [0.29, 0.717) is 12.8 Å². The smallest absolute Gasteiger partial charge is 0.290 e. The van der Waals surface area contributed by atoms with Crippen LogP contribution < -0.4 is 10.6 Å². The number of aromatic nitrogens is 3. The molecular formula is C11H11N5O2. The summed E-state index contributed by atoms with van der Waals surface area (Å²) in [6.07, 6.45) is 3.67. The Morgan fingerprint density at radius 1 is 1.44 bits per heavy atom. The van der Waals surface area contributed by atoms with Crippen molar-refractivity contribution in [2.24, 2.45) is 5.92 Å². The molecule has 0 radical (unpaired) electrons. The number of carbonyl (C=O) groups is 2. The molecule has 7 nitrogen and oxygen atoms in total. The predicted molar refractivity (Wildman–Crippen MR) is 60.0 cm³/mol. The minimum absolute atomic E-state index is 0.0139. The monoisotopic (exact) mass is 245 g/mol. The summed E-state index contributed by atoms with van der Waals surface area (Å²) >= 11 is 0. The summed E-state index contributed by atoms with van der Waals surface area (Å²) < 4.78 is 0. The fourth-order valence-corrected chi connectivity index (χ4v) is 2.37. The van der Waals surface area contributed by atoms with Gasteiger partial charge in [0.05, 0.1) is 0 Å². The number of nitrogens with zero attached hydrogens (tertiary/aromatic N) is 3. The Morgan fingerprint density at radius 3 is 2.72 bits per heavy atom. The van der Waals surface area contributed by atoms with Crippen molar-refractivity contribution in [1.29, 1.82) is 0 Å². The van der Waals surface area contributed by atoms with Crippen LogP contribution in [-0.2, 0) is 4.79 Å². The third-order valence-electron chi connectivity index (χ3n) is 3.44. The van der Waals surface area contributed by atoms with Crippen LogP contribution in [0.2, 0.25) is 0 Å². The van der Waals surface area contributed by atoms with Crippen molar-refractivity contribution in [3.63, 3.8) is 0 Å². The molecule has 1 saturated carbocycles. The van der Waals surface area contributed by atoms with Crippen molar-refractivity contribution < 1.29 is 9.59 Å². The summed E-state index contributed by atoms with van der Waals surface area (Å²) in [7, 11) is 0. The van der Waals surface area contributed by atoms with Crippen molar-refractivity contribution >= 4 is 11.8 Å². The Labute approximate surface area is 103 Å². The minimum Gasteiger partial charge on any atom is -0.335 e. The van der Waals surface area contributed by atoms with E-state index >= 15 is 0 Å². The maximum Gasteiger partial charge on any atom is 0.290 e. The Bertz CT molecular complexity index is 536. The molecule has 1 aliphatic carbocycles. The first kappa shape index (κ1) is 10.8. The molecule has 2 aliphatic heterocycles. The summed E-state index contributed by atoms with van der Waals surface area (Å²) in [5.41, 5.74) is -0.0912. The molecule has 2 N–H and O–H groups in total. The molecule has 1 aromatic rings. The van der Waals surface area contributed by atoms with E-state index in [0.717, 1.165) is 5.70 Å². The molecule has 2 saturated heterocycles. The maximum absolute atomic E-state index is 11.9. The van der Waals surface area contributed by atoms with Crippen LogP contribution in [0.1, 0.15) is 23.5 Å². The molecule has 2 amide bonds. The molecule has 3 aliphatic rings. The second-order valence-electron chi connectivity index (χ2n) is 4.58. The largest absolute Gasteiger partial charge is 0.335 e. The van der Waals surface area contributed by atoms with E-state index in [1.165, 1.54) is 12.7 Å². The van der Waals surface area contributed by atoms with Crippen LogP contribution >= 0.6 is 0 Å². The van der Waals surface area contributed by atoms with Gasteiger partial charge >= 0.3 is 0 Å². The van der Waals surface area contributed by atoms with Gasteiger partial charge in [0.15, 0.2) is 0 Å². The van der Waals surface area contributed by atoms with Gasteiger partial charge in [0, 0.05) is 11.6 Å². The van der Waals surface area contributed by atoms with Gasteiger partial charge in [0.25, 0.3) is 5.91 Å². The van der Waals surface area contributed by atoms with E-state index in [9.17, 15) is 9.59 Å². The third-order valence-corrected chi connectivity index (χ3v) is 3.44. The number of allylic oxidation sites excluding steroid dienone is 1. The van der Waals surface area contributed by atoms with Gasteiger partial charge in [0.2, 0.25) is 11.7 Å². The van der Waals surface area contributed by atoms with Crippen LogP contribution in [0.4, 0.5) is 0 Å². The van der Waals surface area contributed by atoms with Crippen LogP contribution in [0.15, 0.2) is 24.9 Å². The molecule has 1 aromatic heterocycles. The molecule has 0 spiro atoms. The number of fused-ring (bicyclic) bond motifs is 2. The molecule has 2 bridgehead atoms. The van der Waals surface area contributed by atoms with Crippen molar-refractivity contribution in [2.75, 3.05) is 0 Å². The van der Waals surface area contributed by atoms with Crippen LogP contribution in [0.25, 0.3) is 0 Å². The molecule has 4 rings (SSSR count). The Kier molecular flexibility index (Phi) is 2.16. The molecule has 92 valence electrons. The fourth-order valence-electron chi connectivity index (χ4n) is 2.37. The number of nitrogens with one attached hydrogen (secondary N) is 2. The summed E-state index contributed by atoms with van der Waals surface area (Å²) in [5.74, 6) is -0.405. The van der Waals surface area contributed by atoms with Crippen molar-refractivity contribution in [3.8, 4) is 0 Å². The SMILES string of the molecule is C=C1NC(=O)C2(NC(=O)c3ncncn3)CC1C2. The van der Waals surface area contributed by atoms with E-state index in [1.807, 2.05) is 0 Å². The highest BCUT2D eigenvalue weighted by Gasteiger charge is 2.56. The van der Waals surface area contributed by atoms with Crippen LogP contribution in [-0.4, -0.2) is 32.3 Å². The molecule has 18 heavy (non-hydrogen) atoms. The number of rotatable bonds is 2. The lowest BCUT2D eigenvalue weighted by molar-refractivity contribution is -0.135. The number of hydrogen-bond donors (Lipinski definition) is 2. The van der Waals surface area contributed by atoms with Crippen molar-refractivity contribution in [3.05, 3.63) is 30.8 Å². The average molecular weight is 245 g/mol. The summed E-state index contributed by atoms with van der Waals surface area (Å²) in [6, 6.07) is 0. The van der Waals surface area contributed by atoms with Crippen molar-refractivity contribution in [2.45, 2.75) is 18.4 Å². The standard InChI is InChI=1S/C11H11N5O2/c1-6-7-2-11(3-7,10(18)15-6)16-9(17)8-13-4-12-5-14-8/h4-5,7H,1-3H2,(H,15,18)(H,16,17). The molecule has 0 aromatic carbocycles. The number of hydrogen-bond acceptors (Lipinski definition) is 5. The molecule has 0 atom stereocenters. The van der Waals surface area contributed by atoms with Crippen LogP contribution in [0, 0.1) is 5.92 Å². The van der Waals surface area contributed by atoms with Crippen molar-refractivity contribution in [1.82, 2.24) is 25.6 Å². The van der Waals surface area contributed by atoms with E-state index in [-0.39, 0.29) is 17.6 Å². The quantitative estimate of drug-likeness (QED) is 0.724. The highest BCUT2D eigenvalue weighted by atomic mass is 16.2. The Morgan fingerprint density at radius 2 is 2.11 bits per heavy atom. The summed E-state index contributed by atoms with van der Waals surface area (Å²) in [4.78, 5) is 34.9. The number of carbonyl (C=O) groups excluding carboxylic acids is 2. The second kappa shape index (κ2) is 3.59. The van der Waals surface area contributed by atoms with Gasteiger partial charge in [-0.1, -0.05) is 6.58 Å². The van der Waals surface area contributed by atoms with Gasteiger partial charge < -0.3 is 10.6 Å². The van der Waals surface area contributed by atoms with E-state index in [4.69, 9.17) is 0 Å². The Balaban J connectivity index is 1.77. The molecule has 3 heterocycles. The molecule has 7 heteroatoms. The van der Waals surface area contributed by atoms with Gasteiger partial charge in [-0.05, 0) is 12.8 Å². The van der Waals surface area contributed by atoms with E-state index in [2.05, 4.69) is 32.2 Å². The first-order valence-electron chi connectivity index (χ1n) is 5.55. The average Bonchev–Trinajstić information content (AvgIpc) is 2.32. The minimum atomic E-state index is -0.824. The van der Waals surface area contributed by atoms with Crippen LogP contribution in [0.5, 0.6) is 0 Å². The first-order valence-corrected chi connectivity index (χ1v) is 5.55. The second-order valence-corrected chi connectivity index (χ2v) is 4.58. The zero-order chi connectivity index (χ0) is 12.8. The molecule has 0 unspecified atom stereocenters. The molecular weight excluding hydrogens is 234 g/mol. The fraction of sp³-hybridized carbons (Fsp3) is 0.364. The predicted octanol–water partition coefficient (Wildman–Crippen LogP) is -0.606. The van der Waals surface area contributed by atoms with E-state index in [1.54, 1.807) is 0 Å². The van der Waals surface area contributed by atoms with Crippen LogP contribution in [0.3, 0.4) is 0 Å². The summed E-state index contributed by atoms with van der Waals surface area (Å²) in [6.45, 7) is 3.77. The van der Waals surface area contributed by atoms with Gasteiger partial charge in [-0.25, -0.2) is 15.0 Å². The normalized spacial score (nSPS) is 29.2. The number of piperidine rings is 2. The highest BCUT2D eigenvalue weighted by molar-refractivity contribution is 5.99. The third kappa shape index (κ3) is 1.47. The topological polar surface area (TPSA) is 96.9 Å². The summed E-state index contributed by atoms with van der Waals surface area (Å²) in [5, 5.41) is 5.38. The first-order chi connectivity index (χ1) is 8.61.